The molecule has 31 heavy (non-hydrogen) atoms. The third kappa shape index (κ3) is 5.08. The van der Waals surface area contributed by atoms with Crippen LogP contribution in [0.2, 0.25) is 0 Å². The molecule has 0 spiro atoms. The van der Waals surface area contributed by atoms with E-state index in [1.54, 1.807) is 12.1 Å². The van der Waals surface area contributed by atoms with Crippen LogP contribution in [0.4, 0.5) is 0 Å². The van der Waals surface area contributed by atoms with Crippen molar-refractivity contribution in [3.8, 4) is 11.8 Å². The first-order valence-electron chi connectivity index (χ1n) is 11.7. The number of benzene rings is 1. The molecule has 5 heteroatoms. The lowest BCUT2D eigenvalue weighted by atomic mass is 9.70. The molecule has 5 nitrogen and oxygen atoms in total. The minimum atomic E-state index is -0.789. The lowest BCUT2D eigenvalue weighted by Crippen LogP contribution is -2.47. The van der Waals surface area contributed by atoms with E-state index in [-0.39, 0.29) is 5.92 Å². The Morgan fingerprint density at radius 1 is 1.03 bits per heavy atom. The van der Waals surface area contributed by atoms with Crippen molar-refractivity contribution in [3.63, 3.8) is 0 Å². The Balaban J connectivity index is 1.27. The van der Waals surface area contributed by atoms with Gasteiger partial charge in [0.05, 0.1) is 23.9 Å². The van der Waals surface area contributed by atoms with Crippen molar-refractivity contribution in [2.45, 2.75) is 50.5 Å². The molecule has 1 aliphatic heterocycles. The van der Waals surface area contributed by atoms with Gasteiger partial charge < -0.3 is 14.7 Å². The summed E-state index contributed by atoms with van der Waals surface area (Å²) in [6.07, 6.45) is 9.48. The van der Waals surface area contributed by atoms with Crippen LogP contribution in [0.1, 0.15) is 56.2 Å². The molecule has 1 N–H and O–H groups in total. The molecule has 0 amide bonds. The summed E-state index contributed by atoms with van der Waals surface area (Å²) in [5, 5.41) is 20.8. The molecule has 164 valence electrons. The van der Waals surface area contributed by atoms with Gasteiger partial charge in [0.1, 0.15) is 11.4 Å². The number of hydrogen-bond acceptors (Lipinski definition) is 5. The predicted molar refractivity (Wildman–Crippen MR) is 121 cm³/mol. The summed E-state index contributed by atoms with van der Waals surface area (Å²) in [6, 6.07) is 15.4. The van der Waals surface area contributed by atoms with Gasteiger partial charge in [-0.2, -0.15) is 5.26 Å². The van der Waals surface area contributed by atoms with Gasteiger partial charge in [-0.05, 0) is 93.4 Å². The fourth-order valence-electron chi connectivity index (χ4n) is 5.42. The summed E-state index contributed by atoms with van der Waals surface area (Å²) in [7, 11) is 0. The first kappa shape index (κ1) is 21.8. The molecule has 2 fully saturated rings. The van der Waals surface area contributed by atoms with E-state index in [0.717, 1.165) is 63.2 Å². The smallest absolute Gasteiger partial charge is 0.119 e. The molecule has 0 bridgehead atoms. The van der Waals surface area contributed by atoms with Gasteiger partial charge in [-0.3, -0.25) is 4.98 Å². The standard InChI is InChI=1S/C26H33N3O2/c27-20-21-9-11-24(12-10-21)31-19-5-16-29-17-13-23(14-18-29)26(30,22-6-1-2-7-22)25-8-3-4-15-28-25/h3-4,8-12,15,22-23,30H,1-2,5-7,13-14,16-19H2/t26-/m0/s1. The zero-order valence-electron chi connectivity index (χ0n) is 18.2. The lowest BCUT2D eigenvalue weighted by molar-refractivity contribution is -0.0965. The van der Waals surface area contributed by atoms with Crippen molar-refractivity contribution in [1.29, 1.82) is 5.26 Å². The second-order valence-corrected chi connectivity index (χ2v) is 8.98. The number of piperidine rings is 1. The maximum atomic E-state index is 11.9. The number of hydrogen-bond donors (Lipinski definition) is 1. The van der Waals surface area contributed by atoms with Crippen LogP contribution in [-0.4, -0.2) is 41.2 Å². The molecular formula is C26H33N3O2. The van der Waals surface area contributed by atoms with Gasteiger partial charge in [-0.25, -0.2) is 0 Å². The van der Waals surface area contributed by atoms with Crippen molar-refractivity contribution in [3.05, 3.63) is 59.9 Å². The van der Waals surface area contributed by atoms with Crippen LogP contribution >= 0.6 is 0 Å². The molecule has 2 aliphatic rings. The molecule has 1 saturated heterocycles. The first-order valence-corrected chi connectivity index (χ1v) is 11.7. The Kier molecular flexibility index (Phi) is 7.21. The van der Waals surface area contributed by atoms with E-state index >= 15 is 0 Å². The second-order valence-electron chi connectivity index (χ2n) is 8.98. The van der Waals surface area contributed by atoms with Gasteiger partial charge in [0.25, 0.3) is 0 Å². The third-order valence-corrected chi connectivity index (χ3v) is 7.13. The van der Waals surface area contributed by atoms with E-state index in [9.17, 15) is 5.11 Å². The minimum Gasteiger partial charge on any atom is -0.494 e. The highest BCUT2D eigenvalue weighted by Gasteiger charge is 2.47. The molecule has 4 rings (SSSR count). The summed E-state index contributed by atoms with van der Waals surface area (Å²) in [4.78, 5) is 7.08. The van der Waals surface area contributed by atoms with Crippen molar-refractivity contribution >= 4 is 0 Å². The Morgan fingerprint density at radius 2 is 1.74 bits per heavy atom. The molecule has 1 aliphatic carbocycles. The molecule has 2 aromatic rings. The average molecular weight is 420 g/mol. The molecule has 1 atom stereocenters. The lowest BCUT2D eigenvalue weighted by Gasteiger charge is -2.44. The highest BCUT2D eigenvalue weighted by molar-refractivity contribution is 5.34. The van der Waals surface area contributed by atoms with Gasteiger partial charge in [0.2, 0.25) is 0 Å². The van der Waals surface area contributed by atoms with Crippen molar-refractivity contribution in [2.24, 2.45) is 11.8 Å². The van der Waals surface area contributed by atoms with E-state index < -0.39 is 5.60 Å². The van der Waals surface area contributed by atoms with Gasteiger partial charge in [0.15, 0.2) is 0 Å². The Hall–Kier alpha value is -2.42. The van der Waals surface area contributed by atoms with E-state index in [2.05, 4.69) is 16.0 Å². The third-order valence-electron chi connectivity index (χ3n) is 7.13. The van der Waals surface area contributed by atoms with Crippen LogP contribution in [0.3, 0.4) is 0 Å². The number of nitriles is 1. The SMILES string of the molecule is N#Cc1ccc(OCCCN2CCC([C@](O)(c3ccccn3)C3CCCC3)CC2)cc1. The van der Waals surface area contributed by atoms with Crippen molar-refractivity contribution < 1.29 is 9.84 Å². The van der Waals surface area contributed by atoms with Gasteiger partial charge >= 0.3 is 0 Å². The number of nitrogens with zero attached hydrogens (tertiary/aromatic N) is 3. The number of pyridine rings is 1. The molecular weight excluding hydrogens is 386 g/mol. The summed E-state index contributed by atoms with van der Waals surface area (Å²) in [5.41, 5.74) is 0.734. The monoisotopic (exact) mass is 419 g/mol. The van der Waals surface area contributed by atoms with Crippen LogP contribution < -0.4 is 4.74 Å². The summed E-state index contributed by atoms with van der Waals surface area (Å²) < 4.78 is 5.81. The zero-order valence-corrected chi connectivity index (χ0v) is 18.2. The van der Waals surface area contributed by atoms with Gasteiger partial charge in [0, 0.05) is 12.7 Å². The van der Waals surface area contributed by atoms with E-state index in [1.807, 2.05) is 36.5 Å². The molecule has 1 aromatic carbocycles. The van der Waals surface area contributed by atoms with Crippen LogP contribution in [-0.2, 0) is 5.60 Å². The average Bonchev–Trinajstić information content (AvgIpc) is 3.38. The fourth-order valence-corrected chi connectivity index (χ4v) is 5.42. The first-order chi connectivity index (χ1) is 15.2. The molecule has 0 radical (unpaired) electrons. The second kappa shape index (κ2) is 10.3. The molecule has 1 aromatic heterocycles. The Labute approximate surface area is 185 Å². The van der Waals surface area contributed by atoms with Gasteiger partial charge in [-0.15, -0.1) is 0 Å². The van der Waals surface area contributed by atoms with E-state index in [4.69, 9.17) is 10.00 Å². The maximum absolute atomic E-state index is 11.9. The number of rotatable bonds is 8. The quantitative estimate of drug-likeness (QED) is 0.638. The van der Waals surface area contributed by atoms with Crippen molar-refractivity contribution in [2.75, 3.05) is 26.2 Å². The highest BCUT2D eigenvalue weighted by atomic mass is 16.5. The molecule has 0 unspecified atom stereocenters. The molecule has 2 heterocycles. The summed E-state index contributed by atoms with van der Waals surface area (Å²) >= 11 is 0. The van der Waals surface area contributed by atoms with Gasteiger partial charge in [-0.1, -0.05) is 18.9 Å². The maximum Gasteiger partial charge on any atom is 0.119 e. The summed E-state index contributed by atoms with van der Waals surface area (Å²) in [6.45, 7) is 3.72. The predicted octanol–water partition coefficient (Wildman–Crippen LogP) is 4.51. The normalized spacial score (nSPS) is 20.3. The van der Waals surface area contributed by atoms with Crippen LogP contribution in [0, 0.1) is 23.2 Å². The fraction of sp³-hybridized carbons (Fsp3) is 0.538. The summed E-state index contributed by atoms with van der Waals surface area (Å²) in [5.74, 6) is 1.42. The number of aromatic nitrogens is 1. The number of aliphatic hydroxyl groups is 1. The van der Waals surface area contributed by atoms with Crippen LogP contribution in [0.5, 0.6) is 5.75 Å². The number of ether oxygens (including phenoxy) is 1. The molecule has 1 saturated carbocycles. The minimum absolute atomic E-state index is 0.275. The topological polar surface area (TPSA) is 69.4 Å². The van der Waals surface area contributed by atoms with Crippen molar-refractivity contribution in [1.82, 2.24) is 9.88 Å². The zero-order chi connectivity index (χ0) is 21.5. The van der Waals surface area contributed by atoms with E-state index in [1.165, 1.54) is 12.8 Å². The van der Waals surface area contributed by atoms with Crippen LogP contribution in [0.15, 0.2) is 48.7 Å². The van der Waals surface area contributed by atoms with Crippen LogP contribution in [0.25, 0.3) is 0 Å². The Bertz CT molecular complexity index is 850. The number of likely N-dealkylation sites (tertiary alicyclic amines) is 1. The van der Waals surface area contributed by atoms with E-state index in [0.29, 0.717) is 18.1 Å². The highest BCUT2D eigenvalue weighted by Crippen LogP contribution is 2.47. The largest absolute Gasteiger partial charge is 0.494 e. The Morgan fingerprint density at radius 3 is 2.39 bits per heavy atom.